The number of carbonyl (C=O) groups is 4. The Kier molecular flexibility index (Phi) is 3.47. The summed E-state index contributed by atoms with van der Waals surface area (Å²) >= 11 is 0. The van der Waals surface area contributed by atoms with Crippen molar-refractivity contribution in [2.24, 2.45) is 5.73 Å². The van der Waals surface area contributed by atoms with Crippen molar-refractivity contribution in [3.8, 4) is 0 Å². The summed E-state index contributed by atoms with van der Waals surface area (Å²) in [5.74, 6) is -4.42. The molecular formula is C12H10FN3O4. The predicted octanol–water partition coefficient (Wildman–Crippen LogP) is -0.527. The molecule has 0 spiro atoms. The van der Waals surface area contributed by atoms with Gasteiger partial charge in [-0.15, -0.1) is 0 Å². The van der Waals surface area contributed by atoms with Gasteiger partial charge < -0.3 is 5.73 Å². The number of imide groups is 2. The molecule has 1 heterocycles. The highest BCUT2D eigenvalue weighted by molar-refractivity contribution is 6.20. The number of hydrogen-bond acceptors (Lipinski definition) is 4. The summed E-state index contributed by atoms with van der Waals surface area (Å²) in [7, 11) is 0. The van der Waals surface area contributed by atoms with E-state index in [2.05, 4.69) is 0 Å². The standard InChI is InChI=1S/C12H10FN3O4/c13-7-3-1-6(2-4-7)9-10(18)15-12(20)16(11(9)19)5-8(14)17/h1-4,9H,5H2,(H2,14,17)(H,15,18,20). The average Bonchev–Trinajstić information content (AvgIpc) is 2.36. The van der Waals surface area contributed by atoms with E-state index < -0.39 is 42.0 Å². The van der Waals surface area contributed by atoms with Crippen LogP contribution in [0.2, 0.25) is 0 Å². The molecule has 5 amide bonds. The van der Waals surface area contributed by atoms with Gasteiger partial charge in [-0.2, -0.15) is 0 Å². The van der Waals surface area contributed by atoms with Crippen LogP contribution in [0.15, 0.2) is 24.3 Å². The highest BCUT2D eigenvalue weighted by Gasteiger charge is 2.41. The zero-order valence-corrected chi connectivity index (χ0v) is 10.1. The van der Waals surface area contributed by atoms with E-state index in [1.54, 1.807) is 0 Å². The summed E-state index contributed by atoms with van der Waals surface area (Å²) in [6.45, 7) is -0.629. The highest BCUT2D eigenvalue weighted by Crippen LogP contribution is 2.22. The fourth-order valence-corrected chi connectivity index (χ4v) is 1.87. The number of nitrogens with zero attached hydrogens (tertiary/aromatic N) is 1. The Morgan fingerprint density at radius 2 is 1.85 bits per heavy atom. The van der Waals surface area contributed by atoms with Gasteiger partial charge in [0.25, 0.3) is 0 Å². The molecule has 20 heavy (non-hydrogen) atoms. The predicted molar refractivity (Wildman–Crippen MR) is 63.6 cm³/mol. The first kappa shape index (κ1) is 13.7. The molecule has 1 aromatic rings. The summed E-state index contributed by atoms with van der Waals surface area (Å²) < 4.78 is 12.8. The number of rotatable bonds is 3. The number of urea groups is 1. The summed E-state index contributed by atoms with van der Waals surface area (Å²) in [6.07, 6.45) is 0. The number of benzene rings is 1. The average molecular weight is 279 g/mol. The van der Waals surface area contributed by atoms with Crippen molar-refractivity contribution >= 4 is 23.8 Å². The zero-order chi connectivity index (χ0) is 14.9. The summed E-state index contributed by atoms with van der Waals surface area (Å²) in [5, 5.41) is 1.95. The van der Waals surface area contributed by atoms with Gasteiger partial charge in [-0.3, -0.25) is 24.6 Å². The number of primary amides is 1. The molecule has 1 aromatic carbocycles. The molecule has 1 saturated heterocycles. The van der Waals surface area contributed by atoms with E-state index in [0.29, 0.717) is 4.90 Å². The molecule has 0 bridgehead atoms. The Morgan fingerprint density at radius 3 is 2.40 bits per heavy atom. The Balaban J connectivity index is 2.34. The molecular weight excluding hydrogens is 269 g/mol. The van der Waals surface area contributed by atoms with E-state index in [9.17, 15) is 23.6 Å². The van der Waals surface area contributed by atoms with Crippen LogP contribution in [0, 0.1) is 5.82 Å². The molecule has 8 heteroatoms. The number of amides is 5. The van der Waals surface area contributed by atoms with Gasteiger partial charge in [-0.25, -0.2) is 9.18 Å². The van der Waals surface area contributed by atoms with Gasteiger partial charge in [0.2, 0.25) is 17.7 Å². The van der Waals surface area contributed by atoms with E-state index in [4.69, 9.17) is 5.73 Å². The summed E-state index contributed by atoms with van der Waals surface area (Å²) in [6, 6.07) is 3.69. The molecule has 3 N–H and O–H groups in total. The molecule has 0 saturated carbocycles. The number of nitrogens with two attached hydrogens (primary N) is 1. The lowest BCUT2D eigenvalue weighted by Gasteiger charge is -2.29. The van der Waals surface area contributed by atoms with Gasteiger partial charge in [0.05, 0.1) is 0 Å². The van der Waals surface area contributed by atoms with E-state index in [0.717, 1.165) is 12.1 Å². The number of hydrogen-bond donors (Lipinski definition) is 2. The smallest absolute Gasteiger partial charge is 0.331 e. The van der Waals surface area contributed by atoms with Crippen LogP contribution in [0.4, 0.5) is 9.18 Å². The van der Waals surface area contributed by atoms with E-state index >= 15 is 0 Å². The van der Waals surface area contributed by atoms with Crippen molar-refractivity contribution in [3.63, 3.8) is 0 Å². The molecule has 1 aliphatic rings. The molecule has 1 atom stereocenters. The topological polar surface area (TPSA) is 110 Å². The second-order valence-corrected chi connectivity index (χ2v) is 4.17. The number of carbonyl (C=O) groups excluding carboxylic acids is 4. The number of halogens is 1. The van der Waals surface area contributed by atoms with Crippen LogP contribution in [0.3, 0.4) is 0 Å². The molecule has 0 aliphatic carbocycles. The lowest BCUT2D eigenvalue weighted by atomic mass is 9.95. The maximum atomic E-state index is 12.8. The molecule has 1 aliphatic heterocycles. The Bertz CT molecular complexity index is 599. The van der Waals surface area contributed by atoms with Crippen LogP contribution in [0.1, 0.15) is 11.5 Å². The third kappa shape index (κ3) is 2.48. The molecule has 2 rings (SSSR count). The minimum atomic E-state index is -1.31. The van der Waals surface area contributed by atoms with Gasteiger partial charge in [0, 0.05) is 0 Å². The second kappa shape index (κ2) is 5.08. The van der Waals surface area contributed by atoms with Crippen LogP contribution in [0.5, 0.6) is 0 Å². The first-order valence-corrected chi connectivity index (χ1v) is 5.60. The first-order valence-electron chi connectivity index (χ1n) is 5.60. The fraction of sp³-hybridized carbons (Fsp3) is 0.167. The van der Waals surface area contributed by atoms with Crippen molar-refractivity contribution in [1.82, 2.24) is 10.2 Å². The van der Waals surface area contributed by atoms with Crippen LogP contribution >= 0.6 is 0 Å². The normalized spacial score (nSPS) is 18.9. The Morgan fingerprint density at radius 1 is 1.25 bits per heavy atom. The Labute approximate surface area is 112 Å². The number of nitrogens with one attached hydrogen (secondary N) is 1. The minimum absolute atomic E-state index is 0.218. The van der Waals surface area contributed by atoms with Crippen LogP contribution in [0.25, 0.3) is 0 Å². The van der Waals surface area contributed by atoms with Crippen LogP contribution in [-0.2, 0) is 14.4 Å². The molecule has 104 valence electrons. The fourth-order valence-electron chi connectivity index (χ4n) is 1.87. The lowest BCUT2D eigenvalue weighted by molar-refractivity contribution is -0.140. The molecule has 7 nitrogen and oxygen atoms in total. The molecule has 1 unspecified atom stereocenters. The summed E-state index contributed by atoms with van der Waals surface area (Å²) in [5.41, 5.74) is 5.16. The van der Waals surface area contributed by atoms with Crippen molar-refractivity contribution in [2.45, 2.75) is 5.92 Å². The molecule has 1 fully saturated rings. The largest absolute Gasteiger partial charge is 0.368 e. The van der Waals surface area contributed by atoms with Gasteiger partial charge in [-0.05, 0) is 17.7 Å². The SMILES string of the molecule is NC(=O)CN1C(=O)NC(=O)C(c2ccc(F)cc2)C1=O. The quantitative estimate of drug-likeness (QED) is 0.725. The Hall–Kier alpha value is -2.77. The maximum Gasteiger partial charge on any atom is 0.331 e. The van der Waals surface area contributed by atoms with Crippen LogP contribution in [-0.4, -0.2) is 35.2 Å². The second-order valence-electron chi connectivity index (χ2n) is 4.17. The third-order valence-electron chi connectivity index (χ3n) is 2.77. The van der Waals surface area contributed by atoms with Gasteiger partial charge in [0.1, 0.15) is 18.3 Å². The molecule has 0 radical (unpaired) electrons. The van der Waals surface area contributed by atoms with Gasteiger partial charge in [-0.1, -0.05) is 12.1 Å². The van der Waals surface area contributed by atoms with Crippen molar-refractivity contribution < 1.29 is 23.6 Å². The van der Waals surface area contributed by atoms with Crippen molar-refractivity contribution in [1.29, 1.82) is 0 Å². The highest BCUT2D eigenvalue weighted by atomic mass is 19.1. The number of barbiturate groups is 1. The summed E-state index contributed by atoms with van der Waals surface area (Å²) in [4.78, 5) is 46.7. The van der Waals surface area contributed by atoms with E-state index in [1.165, 1.54) is 12.1 Å². The maximum absolute atomic E-state index is 12.8. The minimum Gasteiger partial charge on any atom is -0.368 e. The first-order chi connectivity index (χ1) is 9.40. The van der Waals surface area contributed by atoms with E-state index in [1.807, 2.05) is 5.32 Å². The zero-order valence-electron chi connectivity index (χ0n) is 10.1. The van der Waals surface area contributed by atoms with E-state index in [-0.39, 0.29) is 5.56 Å². The molecule has 0 aromatic heterocycles. The monoisotopic (exact) mass is 279 g/mol. The van der Waals surface area contributed by atoms with Gasteiger partial charge in [0.15, 0.2) is 0 Å². The van der Waals surface area contributed by atoms with Crippen molar-refractivity contribution in [2.75, 3.05) is 6.54 Å². The van der Waals surface area contributed by atoms with Crippen LogP contribution < -0.4 is 11.1 Å². The van der Waals surface area contributed by atoms with Gasteiger partial charge >= 0.3 is 6.03 Å². The lowest BCUT2D eigenvalue weighted by Crippen LogP contribution is -2.58. The third-order valence-corrected chi connectivity index (χ3v) is 2.77. The van der Waals surface area contributed by atoms with Crippen molar-refractivity contribution in [3.05, 3.63) is 35.6 Å².